The molecule has 0 bridgehead atoms. The number of rotatable bonds is 4. The first-order valence-electron chi connectivity index (χ1n) is 5.96. The fraction of sp³-hybridized carbons (Fsp3) is 0.0625. The fourth-order valence-electron chi connectivity index (χ4n) is 1.60. The van der Waals surface area contributed by atoms with Crippen LogP contribution >= 0.6 is 0 Å². The molecule has 0 aromatic heterocycles. The van der Waals surface area contributed by atoms with Crippen LogP contribution in [0.2, 0.25) is 0 Å². The lowest BCUT2D eigenvalue weighted by Gasteiger charge is -2.02. The summed E-state index contributed by atoms with van der Waals surface area (Å²) in [7, 11) is 1.59. The largest absolute Gasteiger partial charge is 0.497 e. The van der Waals surface area contributed by atoms with Crippen molar-refractivity contribution in [1.29, 1.82) is 0 Å². The van der Waals surface area contributed by atoms with Crippen LogP contribution in [0, 0.1) is 0 Å². The first-order valence-corrected chi connectivity index (χ1v) is 5.96. The highest BCUT2D eigenvalue weighted by Crippen LogP contribution is 2.11. The van der Waals surface area contributed by atoms with Crippen LogP contribution in [0.5, 0.6) is 5.75 Å². The molecule has 0 heterocycles. The number of nitrogens with one attached hydrogen (secondary N) is 1. The molecule has 0 aliphatic rings. The zero-order chi connectivity index (χ0) is 13.5. The van der Waals surface area contributed by atoms with E-state index in [4.69, 9.17) is 4.74 Å². The van der Waals surface area contributed by atoms with Crippen LogP contribution in [0.4, 0.5) is 0 Å². The molecule has 1 amide bonds. The van der Waals surface area contributed by atoms with Gasteiger partial charge in [0.05, 0.1) is 7.11 Å². The lowest BCUT2D eigenvalue weighted by Crippen LogP contribution is -2.16. The zero-order valence-corrected chi connectivity index (χ0v) is 10.7. The number of methoxy groups -OCH3 is 1. The van der Waals surface area contributed by atoms with Gasteiger partial charge in [-0.15, -0.1) is 0 Å². The number of hydrogen-bond acceptors (Lipinski definition) is 2. The van der Waals surface area contributed by atoms with Gasteiger partial charge in [0.1, 0.15) is 5.75 Å². The number of carbonyl (C=O) groups is 1. The van der Waals surface area contributed by atoms with Gasteiger partial charge in [0.15, 0.2) is 0 Å². The van der Waals surface area contributed by atoms with Gasteiger partial charge in [0, 0.05) is 11.8 Å². The highest BCUT2D eigenvalue weighted by atomic mass is 16.5. The van der Waals surface area contributed by atoms with Crippen LogP contribution in [0.3, 0.4) is 0 Å². The monoisotopic (exact) mass is 253 g/mol. The Kier molecular flexibility index (Phi) is 4.34. The third kappa shape index (κ3) is 3.71. The van der Waals surface area contributed by atoms with Crippen LogP contribution in [-0.4, -0.2) is 13.0 Å². The second kappa shape index (κ2) is 6.40. The number of benzene rings is 2. The number of ether oxygens (including phenoxy) is 1. The Morgan fingerprint density at radius 1 is 1.05 bits per heavy atom. The molecule has 0 atom stereocenters. The van der Waals surface area contributed by atoms with Gasteiger partial charge in [0.2, 0.25) is 0 Å². The minimum absolute atomic E-state index is 0.144. The van der Waals surface area contributed by atoms with Crippen molar-refractivity contribution in [1.82, 2.24) is 5.32 Å². The van der Waals surface area contributed by atoms with Gasteiger partial charge < -0.3 is 10.1 Å². The molecule has 0 saturated carbocycles. The van der Waals surface area contributed by atoms with Crippen LogP contribution in [0.25, 0.3) is 6.08 Å². The highest BCUT2D eigenvalue weighted by molar-refractivity contribution is 5.95. The predicted octanol–water partition coefficient (Wildman–Crippen LogP) is 3.10. The fourth-order valence-corrected chi connectivity index (χ4v) is 1.60. The standard InChI is InChI=1S/C16H15NO2/c1-19-15-9-7-14(8-10-15)16(18)17-12-11-13-5-3-2-4-6-13/h2-12H,1H3,(H,17,18). The summed E-state index contributed by atoms with van der Waals surface area (Å²) in [6.45, 7) is 0. The predicted molar refractivity (Wildman–Crippen MR) is 75.9 cm³/mol. The van der Waals surface area contributed by atoms with Crippen LogP contribution in [0.1, 0.15) is 15.9 Å². The van der Waals surface area contributed by atoms with Crippen LogP contribution < -0.4 is 10.1 Å². The quantitative estimate of drug-likeness (QED) is 0.909. The minimum atomic E-state index is -0.144. The van der Waals surface area contributed by atoms with Crippen molar-refractivity contribution in [2.24, 2.45) is 0 Å². The van der Waals surface area contributed by atoms with Crippen molar-refractivity contribution in [3.8, 4) is 5.75 Å². The number of hydrogen-bond donors (Lipinski definition) is 1. The Hall–Kier alpha value is -2.55. The average Bonchev–Trinajstić information content (AvgIpc) is 2.48. The third-order valence-electron chi connectivity index (χ3n) is 2.64. The molecule has 0 radical (unpaired) electrons. The van der Waals surface area contributed by atoms with Crippen molar-refractivity contribution >= 4 is 12.0 Å². The molecule has 3 nitrogen and oxygen atoms in total. The van der Waals surface area contributed by atoms with Crippen molar-refractivity contribution in [2.75, 3.05) is 7.11 Å². The number of carbonyl (C=O) groups excluding carboxylic acids is 1. The van der Waals surface area contributed by atoms with Crippen molar-refractivity contribution < 1.29 is 9.53 Å². The normalized spacial score (nSPS) is 10.4. The van der Waals surface area contributed by atoms with E-state index in [1.807, 2.05) is 36.4 Å². The molecule has 96 valence electrons. The molecule has 1 N–H and O–H groups in total. The summed E-state index contributed by atoms with van der Waals surface area (Å²) in [4.78, 5) is 11.8. The minimum Gasteiger partial charge on any atom is -0.497 e. The summed E-state index contributed by atoms with van der Waals surface area (Å²) in [6.07, 6.45) is 3.49. The van der Waals surface area contributed by atoms with Gasteiger partial charge in [-0.2, -0.15) is 0 Å². The Labute approximate surface area is 112 Å². The summed E-state index contributed by atoms with van der Waals surface area (Å²) >= 11 is 0. The average molecular weight is 253 g/mol. The topological polar surface area (TPSA) is 38.3 Å². The summed E-state index contributed by atoms with van der Waals surface area (Å²) in [6, 6.07) is 16.8. The highest BCUT2D eigenvalue weighted by Gasteiger charge is 2.02. The molecule has 2 aromatic carbocycles. The summed E-state index contributed by atoms with van der Waals surface area (Å²) in [5, 5.41) is 2.72. The maximum atomic E-state index is 11.8. The SMILES string of the molecule is COc1ccc(C(=O)NC=Cc2ccccc2)cc1. The van der Waals surface area contributed by atoms with E-state index in [9.17, 15) is 4.79 Å². The smallest absolute Gasteiger partial charge is 0.255 e. The first-order chi connectivity index (χ1) is 9.29. The van der Waals surface area contributed by atoms with Crippen LogP contribution in [0.15, 0.2) is 60.8 Å². The summed E-state index contributed by atoms with van der Waals surface area (Å²) in [5.74, 6) is 0.589. The van der Waals surface area contributed by atoms with E-state index in [0.29, 0.717) is 5.56 Å². The van der Waals surface area contributed by atoms with Gasteiger partial charge >= 0.3 is 0 Å². The summed E-state index contributed by atoms with van der Waals surface area (Å²) in [5.41, 5.74) is 1.64. The van der Waals surface area contributed by atoms with E-state index in [0.717, 1.165) is 11.3 Å². The second-order valence-corrected chi connectivity index (χ2v) is 3.95. The van der Waals surface area contributed by atoms with Gasteiger partial charge in [-0.1, -0.05) is 30.3 Å². The van der Waals surface area contributed by atoms with Crippen molar-refractivity contribution in [3.05, 3.63) is 71.9 Å². The molecule has 0 aliphatic heterocycles. The Morgan fingerprint density at radius 3 is 2.37 bits per heavy atom. The van der Waals surface area contributed by atoms with Gasteiger partial charge in [-0.25, -0.2) is 0 Å². The summed E-state index contributed by atoms with van der Waals surface area (Å²) < 4.78 is 5.04. The van der Waals surface area contributed by atoms with Crippen molar-refractivity contribution in [3.63, 3.8) is 0 Å². The lowest BCUT2D eigenvalue weighted by molar-refractivity contribution is 0.0970. The molecule has 0 unspecified atom stereocenters. The first kappa shape index (κ1) is 12.9. The third-order valence-corrected chi connectivity index (χ3v) is 2.64. The molecule has 3 heteroatoms. The van der Waals surface area contributed by atoms with Crippen LogP contribution in [-0.2, 0) is 0 Å². The molecule has 0 spiro atoms. The van der Waals surface area contributed by atoms with E-state index in [1.165, 1.54) is 0 Å². The Morgan fingerprint density at radius 2 is 1.74 bits per heavy atom. The lowest BCUT2D eigenvalue weighted by atomic mass is 10.2. The van der Waals surface area contributed by atoms with Crippen molar-refractivity contribution in [2.45, 2.75) is 0 Å². The molecule has 0 saturated heterocycles. The molecular formula is C16H15NO2. The Bertz CT molecular complexity index is 559. The molecule has 0 aliphatic carbocycles. The molecule has 2 rings (SSSR count). The maximum absolute atomic E-state index is 11.8. The van der Waals surface area contributed by atoms with E-state index < -0.39 is 0 Å². The number of amides is 1. The molecule has 19 heavy (non-hydrogen) atoms. The Balaban J connectivity index is 1.95. The van der Waals surface area contributed by atoms with Gasteiger partial charge in [-0.05, 0) is 35.9 Å². The maximum Gasteiger partial charge on any atom is 0.255 e. The zero-order valence-electron chi connectivity index (χ0n) is 10.7. The van der Waals surface area contributed by atoms with E-state index in [1.54, 1.807) is 37.6 Å². The van der Waals surface area contributed by atoms with E-state index in [2.05, 4.69) is 5.32 Å². The second-order valence-electron chi connectivity index (χ2n) is 3.95. The van der Waals surface area contributed by atoms with Gasteiger partial charge in [0.25, 0.3) is 5.91 Å². The van der Waals surface area contributed by atoms with Gasteiger partial charge in [-0.3, -0.25) is 4.79 Å². The molecule has 2 aromatic rings. The van der Waals surface area contributed by atoms with E-state index >= 15 is 0 Å². The molecule has 0 fully saturated rings. The molecular weight excluding hydrogens is 238 g/mol. The van der Waals surface area contributed by atoms with E-state index in [-0.39, 0.29) is 5.91 Å².